The quantitative estimate of drug-likeness (QED) is 0.776. The molecule has 0 aromatic heterocycles. The largest absolute Gasteiger partial charge is 0.463 e. The van der Waals surface area contributed by atoms with Crippen molar-refractivity contribution in [3.8, 4) is 0 Å². The molecular weight excluding hydrogens is 275 g/mol. The second-order valence-electron chi connectivity index (χ2n) is 5.01. The van der Waals surface area contributed by atoms with Crippen LogP contribution < -0.4 is 10.6 Å². The monoisotopic (exact) mass is 290 g/mol. The van der Waals surface area contributed by atoms with Crippen LogP contribution in [-0.4, -0.2) is 35.5 Å². The predicted octanol–water partition coefficient (Wildman–Crippen LogP) is 1.60. The van der Waals surface area contributed by atoms with Crippen molar-refractivity contribution in [1.29, 1.82) is 0 Å². The molecule has 0 aliphatic rings. The Balaban J connectivity index is 4.71. The van der Waals surface area contributed by atoms with Crippen molar-refractivity contribution < 1.29 is 31.5 Å². The zero-order valence-electron chi connectivity index (χ0n) is 10.8. The second-order valence-corrected chi connectivity index (χ2v) is 5.01. The van der Waals surface area contributed by atoms with E-state index in [2.05, 4.69) is 5.32 Å². The molecule has 0 aliphatic carbocycles. The molecule has 9 heteroatoms. The summed E-state index contributed by atoms with van der Waals surface area (Å²) in [6, 6.07) is -1.51. The Morgan fingerprint density at radius 2 is 1.42 bits per heavy atom. The summed E-state index contributed by atoms with van der Waals surface area (Å²) < 4.78 is 60.9. The van der Waals surface area contributed by atoms with E-state index in [1.54, 1.807) is 20.8 Å². The van der Waals surface area contributed by atoms with Crippen LogP contribution in [-0.2, 0) is 9.59 Å². The summed E-state index contributed by atoms with van der Waals surface area (Å²) in [4.78, 5) is 22.2. The minimum absolute atomic E-state index is 0.706. The van der Waals surface area contributed by atoms with E-state index in [1.807, 2.05) is 0 Å². The molecular formula is C10H15F5N2O2. The maximum absolute atomic E-state index is 12.6. The molecule has 19 heavy (non-hydrogen) atoms. The van der Waals surface area contributed by atoms with Gasteiger partial charge in [0.1, 0.15) is 6.04 Å². The van der Waals surface area contributed by atoms with Crippen LogP contribution in [0.4, 0.5) is 22.0 Å². The SMILES string of the molecule is CC(NC(=O)C(F)(F)C(F)(F)F)C(=O)NC(C)(C)C. The lowest BCUT2D eigenvalue weighted by atomic mass is 10.1. The van der Waals surface area contributed by atoms with Gasteiger partial charge < -0.3 is 10.6 Å². The number of hydrogen-bond donors (Lipinski definition) is 2. The summed E-state index contributed by atoms with van der Waals surface area (Å²) in [6.45, 7) is 5.77. The van der Waals surface area contributed by atoms with Crippen LogP contribution in [0.3, 0.4) is 0 Å². The molecule has 0 heterocycles. The standard InChI is InChI=1S/C10H15F5N2O2/c1-5(6(18)17-8(2,3)4)16-7(19)9(11,12)10(13,14)15/h5H,1-4H3,(H,16,19)(H,17,18). The first-order chi connectivity index (χ1) is 8.18. The van der Waals surface area contributed by atoms with Gasteiger partial charge in [0.2, 0.25) is 5.91 Å². The van der Waals surface area contributed by atoms with Gasteiger partial charge in [-0.15, -0.1) is 0 Å². The number of alkyl halides is 5. The predicted molar refractivity (Wildman–Crippen MR) is 56.5 cm³/mol. The zero-order valence-corrected chi connectivity index (χ0v) is 10.8. The van der Waals surface area contributed by atoms with E-state index in [9.17, 15) is 31.5 Å². The molecule has 1 atom stereocenters. The van der Waals surface area contributed by atoms with Gasteiger partial charge in [0.15, 0.2) is 0 Å². The van der Waals surface area contributed by atoms with E-state index in [0.29, 0.717) is 0 Å². The first-order valence-electron chi connectivity index (χ1n) is 5.26. The maximum atomic E-state index is 12.6. The molecule has 0 aromatic rings. The number of halogens is 5. The smallest absolute Gasteiger partial charge is 0.350 e. The van der Waals surface area contributed by atoms with Gasteiger partial charge in [-0.05, 0) is 27.7 Å². The van der Waals surface area contributed by atoms with Crippen LogP contribution in [0.25, 0.3) is 0 Å². The lowest BCUT2D eigenvalue weighted by molar-refractivity contribution is -0.270. The average Bonchev–Trinajstić information content (AvgIpc) is 2.12. The first kappa shape index (κ1) is 17.6. The van der Waals surface area contributed by atoms with E-state index >= 15 is 0 Å². The summed E-state index contributed by atoms with van der Waals surface area (Å²) >= 11 is 0. The van der Waals surface area contributed by atoms with Crippen LogP contribution in [0, 0.1) is 0 Å². The molecule has 0 bridgehead atoms. The molecule has 0 spiro atoms. The Bertz CT molecular complexity index is 360. The molecule has 0 fully saturated rings. The number of hydrogen-bond acceptors (Lipinski definition) is 2. The van der Waals surface area contributed by atoms with Crippen molar-refractivity contribution in [2.24, 2.45) is 0 Å². The molecule has 112 valence electrons. The van der Waals surface area contributed by atoms with Gasteiger partial charge in [-0.1, -0.05) is 0 Å². The number of amides is 2. The molecule has 0 saturated heterocycles. The summed E-state index contributed by atoms with van der Waals surface area (Å²) in [5.41, 5.74) is -0.706. The average molecular weight is 290 g/mol. The Morgan fingerprint density at radius 1 is 1.00 bits per heavy atom. The van der Waals surface area contributed by atoms with Crippen LogP contribution in [0.2, 0.25) is 0 Å². The van der Waals surface area contributed by atoms with Gasteiger partial charge in [0.25, 0.3) is 0 Å². The number of carbonyl (C=O) groups excluding carboxylic acids is 2. The van der Waals surface area contributed by atoms with E-state index in [0.717, 1.165) is 6.92 Å². The molecule has 0 rings (SSSR count). The van der Waals surface area contributed by atoms with Crippen molar-refractivity contribution in [2.75, 3.05) is 0 Å². The maximum Gasteiger partial charge on any atom is 0.463 e. The highest BCUT2D eigenvalue weighted by Gasteiger charge is 2.63. The summed E-state index contributed by atoms with van der Waals surface area (Å²) in [5, 5.41) is 3.66. The first-order valence-corrected chi connectivity index (χ1v) is 5.26. The van der Waals surface area contributed by atoms with Crippen LogP contribution in [0.15, 0.2) is 0 Å². The molecule has 4 nitrogen and oxygen atoms in total. The highest BCUT2D eigenvalue weighted by atomic mass is 19.4. The molecule has 2 N–H and O–H groups in total. The molecule has 0 saturated carbocycles. The zero-order chi connectivity index (χ0) is 15.6. The van der Waals surface area contributed by atoms with Crippen molar-refractivity contribution in [3.05, 3.63) is 0 Å². The van der Waals surface area contributed by atoms with Crippen LogP contribution >= 0.6 is 0 Å². The van der Waals surface area contributed by atoms with Crippen molar-refractivity contribution in [2.45, 2.75) is 51.4 Å². The summed E-state index contributed by atoms with van der Waals surface area (Å²) in [6.07, 6.45) is -6.00. The lowest BCUT2D eigenvalue weighted by Gasteiger charge is -2.25. The molecule has 0 aliphatic heterocycles. The number of carbonyl (C=O) groups is 2. The minimum atomic E-state index is -6.00. The van der Waals surface area contributed by atoms with Gasteiger partial charge in [-0.25, -0.2) is 0 Å². The molecule has 2 amide bonds. The fraction of sp³-hybridized carbons (Fsp3) is 0.800. The highest BCUT2D eigenvalue weighted by molar-refractivity contribution is 5.91. The summed E-state index contributed by atoms with van der Waals surface area (Å²) in [7, 11) is 0. The van der Waals surface area contributed by atoms with Gasteiger partial charge in [-0.2, -0.15) is 22.0 Å². The molecule has 0 radical (unpaired) electrons. The fourth-order valence-electron chi connectivity index (χ4n) is 0.959. The molecule has 1 unspecified atom stereocenters. The van der Waals surface area contributed by atoms with Gasteiger partial charge >= 0.3 is 18.0 Å². The van der Waals surface area contributed by atoms with Crippen molar-refractivity contribution >= 4 is 11.8 Å². The van der Waals surface area contributed by atoms with Crippen molar-refractivity contribution in [3.63, 3.8) is 0 Å². The second kappa shape index (κ2) is 5.30. The number of rotatable bonds is 3. The number of nitrogens with one attached hydrogen (secondary N) is 2. The Labute approximate surface area is 106 Å². The Morgan fingerprint density at radius 3 is 1.74 bits per heavy atom. The van der Waals surface area contributed by atoms with Crippen molar-refractivity contribution in [1.82, 2.24) is 10.6 Å². The third-order valence-electron chi connectivity index (χ3n) is 1.88. The summed E-state index contributed by atoms with van der Waals surface area (Å²) in [5.74, 6) is -8.96. The minimum Gasteiger partial charge on any atom is -0.350 e. The highest BCUT2D eigenvalue weighted by Crippen LogP contribution is 2.35. The molecule has 0 aromatic carbocycles. The third-order valence-corrected chi connectivity index (χ3v) is 1.88. The van der Waals surface area contributed by atoms with Crippen LogP contribution in [0.5, 0.6) is 0 Å². The van der Waals surface area contributed by atoms with Gasteiger partial charge in [0, 0.05) is 5.54 Å². The lowest BCUT2D eigenvalue weighted by Crippen LogP contribution is -2.57. The normalized spacial score (nSPS) is 14.8. The van der Waals surface area contributed by atoms with E-state index < -0.39 is 35.5 Å². The van der Waals surface area contributed by atoms with E-state index in [1.165, 1.54) is 5.32 Å². The van der Waals surface area contributed by atoms with E-state index in [-0.39, 0.29) is 0 Å². The Kier molecular flexibility index (Phi) is 4.90. The topological polar surface area (TPSA) is 58.2 Å². The fourth-order valence-corrected chi connectivity index (χ4v) is 0.959. The van der Waals surface area contributed by atoms with E-state index in [4.69, 9.17) is 0 Å². The third kappa shape index (κ3) is 4.99. The van der Waals surface area contributed by atoms with Gasteiger partial charge in [0.05, 0.1) is 0 Å². The van der Waals surface area contributed by atoms with Crippen LogP contribution in [0.1, 0.15) is 27.7 Å². The van der Waals surface area contributed by atoms with Gasteiger partial charge in [-0.3, -0.25) is 9.59 Å². The Hall–Kier alpha value is -1.41.